The second-order valence-electron chi connectivity index (χ2n) is 17.3. The van der Waals surface area contributed by atoms with Crippen LogP contribution >= 0.6 is 0 Å². The number of hydrogen-bond acceptors (Lipinski definition) is 16. The van der Waals surface area contributed by atoms with Crippen LogP contribution in [0.3, 0.4) is 0 Å². The number of aliphatic hydroxyl groups excluding tert-OH is 1. The van der Waals surface area contributed by atoms with Crippen molar-refractivity contribution >= 4 is 29.8 Å². The Morgan fingerprint density at radius 1 is 0.788 bits per heavy atom. The van der Waals surface area contributed by atoms with E-state index in [2.05, 4.69) is 0 Å². The fraction of sp³-hybridized carbons (Fsp3) is 0.861. The van der Waals surface area contributed by atoms with E-state index in [9.17, 15) is 39.3 Å². The summed E-state index contributed by atoms with van der Waals surface area (Å²) in [6, 6.07) is -1.36. The van der Waals surface area contributed by atoms with Gasteiger partial charge in [0.2, 0.25) is 5.79 Å². The van der Waals surface area contributed by atoms with Gasteiger partial charge in [-0.05, 0) is 20.8 Å². The van der Waals surface area contributed by atoms with Crippen LogP contribution in [0.5, 0.6) is 0 Å². The Morgan fingerprint density at radius 2 is 1.33 bits per heavy atom. The van der Waals surface area contributed by atoms with Crippen molar-refractivity contribution in [3.8, 4) is 0 Å². The molecular formula is C36H51NO15. The second-order valence-corrected chi connectivity index (χ2v) is 17.3. The molecule has 16 heteroatoms. The summed E-state index contributed by atoms with van der Waals surface area (Å²) in [5.41, 5.74) is -1.90. The van der Waals surface area contributed by atoms with Crippen LogP contribution in [0.25, 0.3) is 0 Å². The van der Waals surface area contributed by atoms with Crippen LogP contribution < -0.4 is 5.73 Å². The molecule has 4 saturated carbocycles. The molecule has 0 bridgehead atoms. The van der Waals surface area contributed by atoms with Gasteiger partial charge in [-0.3, -0.25) is 19.2 Å². The van der Waals surface area contributed by atoms with E-state index >= 15 is 0 Å². The first kappa shape index (κ1) is 37.4. The molecule has 0 radical (unpaired) electrons. The van der Waals surface area contributed by atoms with Crippen molar-refractivity contribution in [3.05, 3.63) is 0 Å². The SMILES string of the molecule is CC(=O)O[C@H]1[C@@H]2[C@H]([C@H](C)O[C@@]3(C)OC(=O)[C@@](C)(O)[C@]23C)[C@]2(C)[C@@H]1C1C([C@H](OC(C)=O)[C@@H]2OC(C)=O)[C@@]2(C)[C@@H](O)[C@H]3O[C@H]3C[C@]2(O)[C@H](N)[C@@H]1OC(C)=O. The van der Waals surface area contributed by atoms with E-state index in [1.165, 1.54) is 41.5 Å². The van der Waals surface area contributed by atoms with Crippen molar-refractivity contribution in [3.63, 3.8) is 0 Å². The number of hydrogen-bond donors (Lipinski definition) is 4. The largest absolute Gasteiger partial charge is 0.462 e. The minimum atomic E-state index is -2.21. The maximum absolute atomic E-state index is 13.5. The van der Waals surface area contributed by atoms with Gasteiger partial charge in [0.25, 0.3) is 0 Å². The van der Waals surface area contributed by atoms with Gasteiger partial charge in [-0.15, -0.1) is 0 Å². The molecule has 290 valence electrons. The van der Waals surface area contributed by atoms with E-state index in [0.29, 0.717) is 0 Å². The molecule has 5 N–H and O–H groups in total. The molecule has 3 saturated heterocycles. The highest BCUT2D eigenvalue weighted by molar-refractivity contribution is 5.83. The minimum absolute atomic E-state index is 0.0530. The summed E-state index contributed by atoms with van der Waals surface area (Å²) in [4.78, 5) is 66.1. The lowest BCUT2D eigenvalue weighted by atomic mass is 9.39. The normalized spacial score (nSPS) is 56.6. The zero-order valence-corrected chi connectivity index (χ0v) is 31.1. The number of carbonyl (C=O) groups excluding carboxylic acids is 5. The summed E-state index contributed by atoms with van der Waals surface area (Å²) in [5, 5.41) is 37.0. The van der Waals surface area contributed by atoms with Gasteiger partial charge >= 0.3 is 29.8 Å². The molecule has 4 aliphatic carbocycles. The van der Waals surface area contributed by atoms with Crippen LogP contribution in [-0.2, 0) is 57.1 Å². The number of fused-ring (bicyclic) bond motifs is 10. The molecule has 2 unspecified atom stereocenters. The molecule has 7 fully saturated rings. The van der Waals surface area contributed by atoms with Gasteiger partial charge in [0.05, 0.1) is 35.4 Å². The molecule has 3 aliphatic heterocycles. The van der Waals surface area contributed by atoms with Crippen LogP contribution in [0.4, 0.5) is 0 Å². The summed E-state index contributed by atoms with van der Waals surface area (Å²) in [6.45, 7) is 14.3. The summed E-state index contributed by atoms with van der Waals surface area (Å²) in [6.07, 6.45) is -8.92. The smallest absolute Gasteiger partial charge is 0.341 e. The van der Waals surface area contributed by atoms with Crippen molar-refractivity contribution in [2.45, 2.75) is 148 Å². The Bertz CT molecular complexity index is 1620. The lowest BCUT2D eigenvalue weighted by molar-refractivity contribution is -0.343. The van der Waals surface area contributed by atoms with Crippen molar-refractivity contribution in [1.29, 1.82) is 0 Å². The van der Waals surface area contributed by atoms with Gasteiger partial charge in [-0.1, -0.05) is 13.8 Å². The van der Waals surface area contributed by atoms with Gasteiger partial charge in [0, 0.05) is 81.5 Å². The lowest BCUT2D eigenvalue weighted by Gasteiger charge is -2.69. The van der Waals surface area contributed by atoms with Crippen LogP contribution in [-0.4, -0.2) is 117 Å². The second kappa shape index (κ2) is 11.1. The summed E-state index contributed by atoms with van der Waals surface area (Å²) in [5.74, 6) is -10.8. The third-order valence-electron chi connectivity index (χ3n) is 15.0. The Morgan fingerprint density at radius 3 is 1.88 bits per heavy atom. The highest BCUT2D eigenvalue weighted by Crippen LogP contribution is 2.77. The van der Waals surface area contributed by atoms with Gasteiger partial charge in [0.1, 0.15) is 30.5 Å². The van der Waals surface area contributed by atoms with E-state index in [1.807, 2.05) is 0 Å². The van der Waals surface area contributed by atoms with Gasteiger partial charge < -0.3 is 54.2 Å². The molecule has 7 aliphatic rings. The third-order valence-corrected chi connectivity index (χ3v) is 15.0. The maximum Gasteiger partial charge on any atom is 0.341 e. The zero-order chi connectivity index (χ0) is 38.6. The third kappa shape index (κ3) is 4.27. The number of esters is 5. The molecule has 0 spiro atoms. The molecule has 0 aromatic heterocycles. The zero-order valence-electron chi connectivity index (χ0n) is 31.1. The van der Waals surface area contributed by atoms with Crippen LogP contribution in [0.2, 0.25) is 0 Å². The average molecular weight is 738 g/mol. The number of epoxide rings is 1. The summed E-state index contributed by atoms with van der Waals surface area (Å²) < 4.78 is 43.0. The van der Waals surface area contributed by atoms with Crippen molar-refractivity contribution in [1.82, 2.24) is 0 Å². The molecule has 52 heavy (non-hydrogen) atoms. The van der Waals surface area contributed by atoms with Gasteiger partial charge in [0.15, 0.2) is 5.60 Å². The minimum Gasteiger partial charge on any atom is -0.462 e. The maximum atomic E-state index is 13.5. The topological polar surface area (TPSA) is 240 Å². The van der Waals surface area contributed by atoms with Crippen molar-refractivity contribution < 1.29 is 72.5 Å². The van der Waals surface area contributed by atoms with Crippen molar-refractivity contribution in [2.75, 3.05) is 0 Å². The molecule has 0 aromatic carbocycles. The van der Waals surface area contributed by atoms with Crippen molar-refractivity contribution in [2.24, 2.45) is 51.6 Å². The highest BCUT2D eigenvalue weighted by atomic mass is 16.7. The average Bonchev–Trinajstić information content (AvgIpc) is 3.69. The first-order valence-electron chi connectivity index (χ1n) is 18.0. The quantitative estimate of drug-likeness (QED) is 0.167. The molecular weight excluding hydrogens is 686 g/mol. The lowest BCUT2D eigenvalue weighted by Crippen LogP contribution is -2.82. The van der Waals surface area contributed by atoms with Crippen LogP contribution in [0.1, 0.15) is 75.7 Å². The first-order valence-corrected chi connectivity index (χ1v) is 18.0. The molecule has 3 heterocycles. The monoisotopic (exact) mass is 737 g/mol. The predicted molar refractivity (Wildman–Crippen MR) is 172 cm³/mol. The van der Waals surface area contributed by atoms with E-state index in [4.69, 9.17) is 38.9 Å². The number of rotatable bonds is 4. The fourth-order valence-corrected chi connectivity index (χ4v) is 12.9. The predicted octanol–water partition coefficient (Wildman–Crippen LogP) is -0.113. The number of carbonyl (C=O) groups is 5. The first-order chi connectivity index (χ1) is 23.9. The summed E-state index contributed by atoms with van der Waals surface area (Å²) in [7, 11) is 0. The highest BCUT2D eigenvalue weighted by Gasteiger charge is 2.88. The fourth-order valence-electron chi connectivity index (χ4n) is 12.9. The van der Waals surface area contributed by atoms with E-state index in [0.717, 1.165) is 0 Å². The number of aliphatic hydroxyl groups is 3. The van der Waals surface area contributed by atoms with Crippen LogP contribution in [0, 0.1) is 45.8 Å². The summed E-state index contributed by atoms with van der Waals surface area (Å²) >= 11 is 0. The van der Waals surface area contributed by atoms with E-state index in [-0.39, 0.29) is 6.42 Å². The molecule has 0 aromatic rings. The van der Waals surface area contributed by atoms with Gasteiger partial charge in [-0.25, -0.2) is 4.79 Å². The van der Waals surface area contributed by atoms with E-state index in [1.54, 1.807) is 27.7 Å². The number of ether oxygens (including phenoxy) is 7. The Hall–Kier alpha value is -2.89. The van der Waals surface area contributed by atoms with E-state index < -0.39 is 148 Å². The van der Waals surface area contributed by atoms with Crippen LogP contribution in [0.15, 0.2) is 0 Å². The Balaban J connectivity index is 1.58. The Labute approximate surface area is 301 Å². The van der Waals surface area contributed by atoms with Gasteiger partial charge in [-0.2, -0.15) is 0 Å². The standard InChI is InChI=1S/C36H51NO15/c1-12-19-22(33(8)34(9,44)30(43)52-35(33,10)51-12)25(47-14(3)39)20-18-21(26(48-15(4)40)29(31(19,20)6)49-16(5)41)32(7)28(42)23-17(50-23)11-36(32,45)27(37)24(18)46-13(2)38/h12,17-29,42,44-45H,11,37H2,1-10H3/t12-,17-,18?,19-,20+,21?,22-,23-,24+,25+,26-,27+,28-,29-,31+,32-,33-,34+,35-,36-/m0/s1. The number of nitrogens with two attached hydrogens (primary N) is 1. The Kier molecular flexibility index (Phi) is 7.98. The molecule has 7 rings (SSSR count). The molecule has 0 amide bonds. The molecule has 20 atom stereocenters. The molecule has 16 nitrogen and oxygen atoms in total.